The second kappa shape index (κ2) is 13.4. The minimum absolute atomic E-state index is 0. The predicted molar refractivity (Wildman–Crippen MR) is 138 cm³/mol. The van der Waals surface area contributed by atoms with Crippen LogP contribution in [0.3, 0.4) is 0 Å². The third-order valence-corrected chi connectivity index (χ3v) is 5.61. The molecule has 0 amide bonds. The standard InChI is InChI=1S/C24H34N4O2.HI/c1-25-24(26-14-13-19-9-11-21(29-2)12-10-19)27-18-23(28-15-4-5-16-28)20-7-6-8-22(17-20)30-3;/h6-12,17,23H,4-5,13-16,18H2,1-3H3,(H2,25,26,27);1H. The molecule has 1 heterocycles. The quantitative estimate of drug-likeness (QED) is 0.289. The first-order chi connectivity index (χ1) is 14.7. The Bertz CT molecular complexity index is 807. The van der Waals surface area contributed by atoms with Gasteiger partial charge in [0.25, 0.3) is 0 Å². The second-order valence-electron chi connectivity index (χ2n) is 7.51. The van der Waals surface area contributed by atoms with Crippen LogP contribution in [0.4, 0.5) is 0 Å². The number of halogens is 1. The van der Waals surface area contributed by atoms with E-state index in [1.807, 2.05) is 25.2 Å². The molecule has 31 heavy (non-hydrogen) atoms. The molecule has 0 aliphatic carbocycles. The van der Waals surface area contributed by atoms with Gasteiger partial charge in [0.15, 0.2) is 5.96 Å². The summed E-state index contributed by atoms with van der Waals surface area (Å²) in [6.45, 7) is 3.88. The minimum Gasteiger partial charge on any atom is -0.497 e. The molecule has 2 N–H and O–H groups in total. The highest BCUT2D eigenvalue weighted by atomic mass is 127. The van der Waals surface area contributed by atoms with Crippen LogP contribution >= 0.6 is 24.0 Å². The predicted octanol–water partition coefficient (Wildman–Crippen LogP) is 3.87. The highest BCUT2D eigenvalue weighted by molar-refractivity contribution is 14.0. The van der Waals surface area contributed by atoms with Crippen molar-refractivity contribution in [2.75, 3.05) is 47.4 Å². The van der Waals surface area contributed by atoms with E-state index in [1.165, 1.54) is 24.0 Å². The summed E-state index contributed by atoms with van der Waals surface area (Å²) in [5.74, 6) is 2.61. The van der Waals surface area contributed by atoms with Crippen molar-refractivity contribution < 1.29 is 9.47 Å². The highest BCUT2D eigenvalue weighted by Crippen LogP contribution is 2.27. The molecule has 170 valence electrons. The van der Waals surface area contributed by atoms with Crippen molar-refractivity contribution in [1.82, 2.24) is 15.5 Å². The summed E-state index contributed by atoms with van der Waals surface area (Å²) >= 11 is 0. The molecule has 0 spiro atoms. The Labute approximate surface area is 203 Å². The zero-order valence-corrected chi connectivity index (χ0v) is 21.1. The van der Waals surface area contributed by atoms with Gasteiger partial charge in [0.05, 0.1) is 20.3 Å². The Kier molecular flexibility index (Phi) is 10.9. The van der Waals surface area contributed by atoms with E-state index in [9.17, 15) is 0 Å². The molecule has 1 fully saturated rings. The third-order valence-electron chi connectivity index (χ3n) is 5.61. The summed E-state index contributed by atoms with van der Waals surface area (Å²) in [5, 5.41) is 6.95. The van der Waals surface area contributed by atoms with Gasteiger partial charge in [0.1, 0.15) is 11.5 Å². The summed E-state index contributed by atoms with van der Waals surface area (Å²) in [6, 6.07) is 16.9. The van der Waals surface area contributed by atoms with Crippen LogP contribution in [0, 0.1) is 0 Å². The Morgan fingerprint density at radius 1 is 1.00 bits per heavy atom. The van der Waals surface area contributed by atoms with Crippen LogP contribution in [0.15, 0.2) is 53.5 Å². The van der Waals surface area contributed by atoms with Crippen LogP contribution in [-0.4, -0.2) is 58.3 Å². The van der Waals surface area contributed by atoms with Crippen LogP contribution in [0.1, 0.15) is 30.0 Å². The Morgan fingerprint density at radius 2 is 1.71 bits per heavy atom. The van der Waals surface area contributed by atoms with E-state index in [0.29, 0.717) is 6.04 Å². The Morgan fingerprint density at radius 3 is 2.35 bits per heavy atom. The van der Waals surface area contributed by atoms with Gasteiger partial charge in [0, 0.05) is 20.1 Å². The van der Waals surface area contributed by atoms with Crippen LogP contribution in [0.2, 0.25) is 0 Å². The van der Waals surface area contributed by atoms with Crippen molar-refractivity contribution in [1.29, 1.82) is 0 Å². The molecule has 0 bridgehead atoms. The van der Waals surface area contributed by atoms with E-state index in [1.54, 1.807) is 14.2 Å². The summed E-state index contributed by atoms with van der Waals surface area (Å²) < 4.78 is 10.7. The number of aliphatic imine (C=N–C) groups is 1. The molecule has 6 nitrogen and oxygen atoms in total. The highest BCUT2D eigenvalue weighted by Gasteiger charge is 2.24. The molecule has 1 aliphatic heterocycles. The normalized spacial score (nSPS) is 15.1. The zero-order valence-electron chi connectivity index (χ0n) is 18.8. The van der Waals surface area contributed by atoms with Crippen molar-refractivity contribution in [2.45, 2.75) is 25.3 Å². The fourth-order valence-electron chi connectivity index (χ4n) is 3.89. The molecule has 1 aliphatic rings. The van der Waals surface area contributed by atoms with Gasteiger partial charge in [-0.2, -0.15) is 0 Å². The fraction of sp³-hybridized carbons (Fsp3) is 0.458. The number of methoxy groups -OCH3 is 2. The first-order valence-electron chi connectivity index (χ1n) is 10.7. The minimum atomic E-state index is 0. The number of rotatable bonds is 9. The maximum absolute atomic E-state index is 5.44. The molecular formula is C24H35IN4O2. The van der Waals surface area contributed by atoms with E-state index >= 15 is 0 Å². The maximum atomic E-state index is 5.44. The largest absolute Gasteiger partial charge is 0.497 e. The van der Waals surface area contributed by atoms with Gasteiger partial charge in [-0.1, -0.05) is 24.3 Å². The smallest absolute Gasteiger partial charge is 0.191 e. The molecule has 2 aromatic carbocycles. The van der Waals surface area contributed by atoms with Crippen molar-refractivity contribution >= 4 is 29.9 Å². The molecule has 0 saturated carbocycles. The lowest BCUT2D eigenvalue weighted by Crippen LogP contribution is -2.43. The Hall–Kier alpha value is -2.00. The molecule has 0 radical (unpaired) electrons. The lowest BCUT2D eigenvalue weighted by molar-refractivity contribution is 0.245. The van der Waals surface area contributed by atoms with E-state index in [-0.39, 0.29) is 24.0 Å². The van der Waals surface area contributed by atoms with Crippen LogP contribution in [-0.2, 0) is 6.42 Å². The molecular weight excluding hydrogens is 503 g/mol. The first kappa shape index (κ1) is 25.3. The summed E-state index contributed by atoms with van der Waals surface area (Å²) in [4.78, 5) is 6.95. The van der Waals surface area contributed by atoms with Gasteiger partial charge in [0.2, 0.25) is 0 Å². The summed E-state index contributed by atoms with van der Waals surface area (Å²) in [6.07, 6.45) is 3.45. The van der Waals surface area contributed by atoms with E-state index < -0.39 is 0 Å². The third kappa shape index (κ3) is 7.57. The van der Waals surface area contributed by atoms with Crippen molar-refractivity contribution in [3.63, 3.8) is 0 Å². The molecule has 1 unspecified atom stereocenters. The first-order valence-corrected chi connectivity index (χ1v) is 10.7. The van der Waals surface area contributed by atoms with Gasteiger partial charge >= 0.3 is 0 Å². The maximum Gasteiger partial charge on any atom is 0.191 e. The lowest BCUT2D eigenvalue weighted by Gasteiger charge is -2.29. The van der Waals surface area contributed by atoms with E-state index in [2.05, 4.69) is 50.9 Å². The molecule has 3 rings (SSSR count). The summed E-state index contributed by atoms with van der Waals surface area (Å²) in [5.41, 5.74) is 2.54. The van der Waals surface area contributed by atoms with E-state index in [4.69, 9.17) is 9.47 Å². The van der Waals surface area contributed by atoms with Crippen LogP contribution < -0.4 is 20.1 Å². The SMILES string of the molecule is CN=C(NCCc1ccc(OC)cc1)NCC(c1cccc(OC)c1)N1CCCC1.I. The second-order valence-corrected chi connectivity index (χ2v) is 7.51. The molecule has 1 saturated heterocycles. The Balaban J connectivity index is 0.00000341. The van der Waals surface area contributed by atoms with Gasteiger partial charge in [-0.3, -0.25) is 9.89 Å². The lowest BCUT2D eigenvalue weighted by atomic mass is 10.1. The van der Waals surface area contributed by atoms with Gasteiger partial charge in [-0.15, -0.1) is 24.0 Å². The van der Waals surface area contributed by atoms with Crippen LogP contribution in [0.25, 0.3) is 0 Å². The number of benzene rings is 2. The van der Waals surface area contributed by atoms with Crippen molar-refractivity contribution in [3.8, 4) is 11.5 Å². The van der Waals surface area contributed by atoms with E-state index in [0.717, 1.165) is 50.1 Å². The topological polar surface area (TPSA) is 58.1 Å². The van der Waals surface area contributed by atoms with Gasteiger partial charge in [-0.25, -0.2) is 0 Å². The molecule has 7 heteroatoms. The number of hydrogen-bond donors (Lipinski definition) is 2. The monoisotopic (exact) mass is 538 g/mol. The molecule has 2 aromatic rings. The zero-order chi connectivity index (χ0) is 21.2. The van der Waals surface area contributed by atoms with Crippen molar-refractivity contribution in [2.24, 2.45) is 4.99 Å². The number of hydrogen-bond acceptors (Lipinski definition) is 4. The number of nitrogens with zero attached hydrogens (tertiary/aromatic N) is 2. The fourth-order valence-corrected chi connectivity index (χ4v) is 3.89. The summed E-state index contributed by atoms with van der Waals surface area (Å²) in [7, 11) is 5.23. The van der Waals surface area contributed by atoms with Crippen molar-refractivity contribution in [3.05, 3.63) is 59.7 Å². The average molecular weight is 538 g/mol. The number of nitrogens with one attached hydrogen (secondary N) is 2. The molecule has 1 atom stereocenters. The average Bonchev–Trinajstić information content (AvgIpc) is 3.33. The number of guanidine groups is 1. The number of likely N-dealkylation sites (tertiary alicyclic amines) is 1. The number of ether oxygens (including phenoxy) is 2. The van der Waals surface area contributed by atoms with Gasteiger partial charge < -0.3 is 20.1 Å². The van der Waals surface area contributed by atoms with Crippen LogP contribution in [0.5, 0.6) is 11.5 Å². The van der Waals surface area contributed by atoms with Gasteiger partial charge in [-0.05, 0) is 67.7 Å². The molecule has 0 aromatic heterocycles.